The van der Waals surface area contributed by atoms with Crippen LogP contribution < -0.4 is 15.2 Å². The van der Waals surface area contributed by atoms with E-state index in [-0.39, 0.29) is 5.75 Å². The van der Waals surface area contributed by atoms with Crippen LogP contribution in [0.15, 0.2) is 24.3 Å². The molecule has 0 heterocycles. The molecule has 0 atom stereocenters. The number of nitrogens with two attached hydrogens (primary N) is 1. The van der Waals surface area contributed by atoms with Gasteiger partial charge in [0, 0.05) is 6.54 Å². The van der Waals surface area contributed by atoms with Crippen LogP contribution in [0.5, 0.6) is 5.75 Å². The maximum absolute atomic E-state index is 11.7. The number of hydrogen-bond acceptors (Lipinski definition) is 4. The normalized spacial score (nSPS) is 11.4. The van der Waals surface area contributed by atoms with Gasteiger partial charge in [-0.3, -0.25) is 0 Å². The second-order valence-electron chi connectivity index (χ2n) is 3.65. The molecule has 17 heavy (non-hydrogen) atoms. The van der Waals surface area contributed by atoms with Gasteiger partial charge in [0.15, 0.2) is 0 Å². The van der Waals surface area contributed by atoms with Crippen LogP contribution in [0.25, 0.3) is 0 Å². The Hall–Kier alpha value is -1.11. The fraction of sp³-hybridized carbons (Fsp3) is 0.455. The minimum Gasteiger partial charge on any atom is -0.497 e. The van der Waals surface area contributed by atoms with Gasteiger partial charge in [-0.15, -0.1) is 0 Å². The Labute approximate surface area is 102 Å². The lowest BCUT2D eigenvalue weighted by atomic mass is 10.2. The third-order valence-corrected chi connectivity index (χ3v) is 3.55. The summed E-state index contributed by atoms with van der Waals surface area (Å²) < 4.78 is 30.9. The Balaban J connectivity index is 2.62. The topological polar surface area (TPSA) is 81.4 Å². The van der Waals surface area contributed by atoms with Crippen molar-refractivity contribution in [2.45, 2.75) is 12.2 Å². The van der Waals surface area contributed by atoms with E-state index in [2.05, 4.69) is 4.72 Å². The molecule has 0 aliphatic carbocycles. The van der Waals surface area contributed by atoms with E-state index >= 15 is 0 Å². The first-order valence-electron chi connectivity index (χ1n) is 5.38. The van der Waals surface area contributed by atoms with E-state index < -0.39 is 10.0 Å². The van der Waals surface area contributed by atoms with Gasteiger partial charge in [0.25, 0.3) is 0 Å². The first-order valence-corrected chi connectivity index (χ1v) is 7.03. The smallest absolute Gasteiger partial charge is 0.215 e. The van der Waals surface area contributed by atoms with Crippen molar-refractivity contribution in [3.05, 3.63) is 29.8 Å². The van der Waals surface area contributed by atoms with Crippen LogP contribution >= 0.6 is 0 Å². The van der Waals surface area contributed by atoms with Crippen LogP contribution in [-0.4, -0.2) is 28.6 Å². The Morgan fingerprint density at radius 1 is 1.41 bits per heavy atom. The first-order chi connectivity index (χ1) is 8.07. The quantitative estimate of drug-likeness (QED) is 0.696. The third-order valence-electron chi connectivity index (χ3n) is 2.19. The lowest BCUT2D eigenvalue weighted by Crippen LogP contribution is -2.27. The minimum absolute atomic E-state index is 0.0469. The van der Waals surface area contributed by atoms with E-state index in [4.69, 9.17) is 10.5 Å². The SMILES string of the molecule is COc1cccc(CS(=O)(=O)NCCCN)c1. The molecule has 1 aromatic carbocycles. The lowest BCUT2D eigenvalue weighted by Gasteiger charge is -2.07. The van der Waals surface area contributed by atoms with Gasteiger partial charge in [-0.2, -0.15) is 0 Å². The van der Waals surface area contributed by atoms with Crippen molar-refractivity contribution in [2.75, 3.05) is 20.2 Å². The molecular weight excluding hydrogens is 240 g/mol. The largest absolute Gasteiger partial charge is 0.497 e. The second kappa shape index (κ2) is 6.58. The van der Waals surface area contributed by atoms with Gasteiger partial charge in [0.05, 0.1) is 12.9 Å². The van der Waals surface area contributed by atoms with E-state index in [0.29, 0.717) is 30.8 Å². The van der Waals surface area contributed by atoms with Crippen molar-refractivity contribution < 1.29 is 13.2 Å². The number of benzene rings is 1. The molecule has 0 aliphatic rings. The van der Waals surface area contributed by atoms with Gasteiger partial charge in [-0.05, 0) is 30.7 Å². The summed E-state index contributed by atoms with van der Waals surface area (Å²) in [6, 6.07) is 7.01. The van der Waals surface area contributed by atoms with Crippen LogP contribution in [0.2, 0.25) is 0 Å². The molecule has 0 bridgehead atoms. The van der Waals surface area contributed by atoms with Gasteiger partial charge < -0.3 is 10.5 Å². The molecule has 0 aliphatic heterocycles. The molecule has 3 N–H and O–H groups in total. The van der Waals surface area contributed by atoms with Crippen LogP contribution in [-0.2, 0) is 15.8 Å². The van der Waals surface area contributed by atoms with Gasteiger partial charge in [0.2, 0.25) is 10.0 Å². The molecule has 1 rings (SSSR count). The highest BCUT2D eigenvalue weighted by molar-refractivity contribution is 7.88. The Kier molecular flexibility index (Phi) is 5.40. The standard InChI is InChI=1S/C11H18N2O3S/c1-16-11-5-2-4-10(8-11)9-17(14,15)13-7-3-6-12/h2,4-5,8,13H,3,6-7,9,12H2,1H3. The molecule has 0 saturated carbocycles. The van der Waals surface area contributed by atoms with E-state index in [1.165, 1.54) is 0 Å². The van der Waals surface area contributed by atoms with Gasteiger partial charge in [-0.1, -0.05) is 12.1 Å². The number of methoxy groups -OCH3 is 1. The highest BCUT2D eigenvalue weighted by Crippen LogP contribution is 2.14. The fourth-order valence-electron chi connectivity index (χ4n) is 1.36. The van der Waals surface area contributed by atoms with E-state index in [1.807, 2.05) is 0 Å². The highest BCUT2D eigenvalue weighted by atomic mass is 32.2. The maximum Gasteiger partial charge on any atom is 0.215 e. The summed E-state index contributed by atoms with van der Waals surface area (Å²) >= 11 is 0. The van der Waals surface area contributed by atoms with Crippen molar-refractivity contribution in [1.82, 2.24) is 4.72 Å². The summed E-state index contributed by atoms with van der Waals surface area (Å²) in [5, 5.41) is 0. The number of nitrogens with one attached hydrogen (secondary N) is 1. The predicted octanol–water partition coefficient (Wildman–Crippen LogP) is 0.463. The Bertz CT molecular complexity index is 446. The average molecular weight is 258 g/mol. The molecule has 1 aromatic rings. The lowest BCUT2D eigenvalue weighted by molar-refractivity contribution is 0.414. The predicted molar refractivity (Wildman–Crippen MR) is 67.3 cm³/mol. The number of hydrogen-bond donors (Lipinski definition) is 2. The zero-order chi connectivity index (χ0) is 12.7. The minimum atomic E-state index is -3.29. The third kappa shape index (κ3) is 5.16. The fourth-order valence-corrected chi connectivity index (χ4v) is 2.54. The zero-order valence-electron chi connectivity index (χ0n) is 9.85. The summed E-state index contributed by atoms with van der Waals surface area (Å²) in [5.74, 6) is 0.606. The van der Waals surface area contributed by atoms with Crippen LogP contribution in [0, 0.1) is 0 Å². The summed E-state index contributed by atoms with van der Waals surface area (Å²) in [7, 11) is -1.74. The number of rotatable bonds is 7. The van der Waals surface area contributed by atoms with Gasteiger partial charge >= 0.3 is 0 Å². The van der Waals surface area contributed by atoms with Gasteiger partial charge in [-0.25, -0.2) is 13.1 Å². The molecular formula is C11H18N2O3S. The van der Waals surface area contributed by atoms with E-state index in [9.17, 15) is 8.42 Å². The molecule has 0 fully saturated rings. The molecule has 6 heteroatoms. The molecule has 0 spiro atoms. The summed E-state index contributed by atoms with van der Waals surface area (Å²) in [6.45, 7) is 0.852. The molecule has 0 radical (unpaired) electrons. The summed E-state index contributed by atoms with van der Waals surface area (Å²) in [4.78, 5) is 0. The van der Waals surface area contributed by atoms with Crippen LogP contribution in [0.1, 0.15) is 12.0 Å². The molecule has 0 amide bonds. The Morgan fingerprint density at radius 2 is 2.18 bits per heavy atom. The number of sulfonamides is 1. The zero-order valence-corrected chi connectivity index (χ0v) is 10.7. The number of ether oxygens (including phenoxy) is 1. The molecule has 5 nitrogen and oxygen atoms in total. The second-order valence-corrected chi connectivity index (χ2v) is 5.45. The molecule has 0 saturated heterocycles. The molecule has 0 aromatic heterocycles. The van der Waals surface area contributed by atoms with E-state index in [0.717, 1.165) is 0 Å². The average Bonchev–Trinajstić information content (AvgIpc) is 2.29. The highest BCUT2D eigenvalue weighted by Gasteiger charge is 2.10. The van der Waals surface area contributed by atoms with Crippen molar-refractivity contribution in [2.24, 2.45) is 5.73 Å². The van der Waals surface area contributed by atoms with Crippen molar-refractivity contribution in [3.8, 4) is 5.75 Å². The summed E-state index contributed by atoms with van der Waals surface area (Å²) in [6.07, 6.45) is 0.636. The monoisotopic (exact) mass is 258 g/mol. The van der Waals surface area contributed by atoms with Gasteiger partial charge in [0.1, 0.15) is 5.75 Å². The van der Waals surface area contributed by atoms with Crippen molar-refractivity contribution >= 4 is 10.0 Å². The van der Waals surface area contributed by atoms with Crippen molar-refractivity contribution in [1.29, 1.82) is 0 Å². The first kappa shape index (κ1) is 14.0. The molecule has 96 valence electrons. The van der Waals surface area contributed by atoms with Crippen molar-refractivity contribution in [3.63, 3.8) is 0 Å². The maximum atomic E-state index is 11.7. The Morgan fingerprint density at radius 3 is 2.82 bits per heavy atom. The molecule has 0 unspecified atom stereocenters. The summed E-state index contributed by atoms with van der Waals surface area (Å²) in [5.41, 5.74) is 6.00. The van der Waals surface area contributed by atoms with Crippen LogP contribution in [0.4, 0.5) is 0 Å². The van der Waals surface area contributed by atoms with E-state index in [1.54, 1.807) is 31.4 Å². The van der Waals surface area contributed by atoms with Crippen LogP contribution in [0.3, 0.4) is 0 Å².